The molecule has 1 aromatic heterocycles. The first kappa shape index (κ1) is 22.3. The fraction of sp³-hybridized carbons (Fsp3) is 0.368. The molecule has 0 bridgehead atoms. The number of hydrogen-bond acceptors (Lipinski definition) is 7. The van der Waals surface area contributed by atoms with Gasteiger partial charge in [-0.25, -0.2) is 13.4 Å². The van der Waals surface area contributed by atoms with Gasteiger partial charge in [0, 0.05) is 44.9 Å². The van der Waals surface area contributed by atoms with Crippen LogP contribution in [0.4, 0.5) is 11.5 Å². The lowest BCUT2D eigenvalue weighted by molar-refractivity contribution is 0.0937. The van der Waals surface area contributed by atoms with E-state index in [-0.39, 0.29) is 16.5 Å². The summed E-state index contributed by atoms with van der Waals surface area (Å²) in [6.07, 6.45) is 1.41. The second-order valence-electron chi connectivity index (χ2n) is 6.64. The minimum Gasteiger partial charge on any atom is -0.383 e. The minimum absolute atomic E-state index is 0.0594. The van der Waals surface area contributed by atoms with Gasteiger partial charge in [0.25, 0.3) is 15.9 Å². The monoisotopic (exact) mass is 453 g/mol. The molecule has 0 saturated carbocycles. The van der Waals surface area contributed by atoms with Crippen molar-refractivity contribution in [2.24, 2.45) is 0 Å². The van der Waals surface area contributed by atoms with E-state index in [1.807, 2.05) is 4.90 Å². The van der Waals surface area contributed by atoms with Crippen molar-refractivity contribution in [3.63, 3.8) is 0 Å². The van der Waals surface area contributed by atoms with E-state index in [9.17, 15) is 13.2 Å². The van der Waals surface area contributed by atoms with Crippen LogP contribution in [-0.2, 0) is 14.8 Å². The van der Waals surface area contributed by atoms with Gasteiger partial charge in [0.2, 0.25) is 0 Å². The van der Waals surface area contributed by atoms with Gasteiger partial charge in [-0.05, 0) is 30.3 Å². The molecule has 0 spiro atoms. The third kappa shape index (κ3) is 5.60. The van der Waals surface area contributed by atoms with Gasteiger partial charge in [-0.15, -0.1) is 0 Å². The van der Waals surface area contributed by atoms with Crippen molar-refractivity contribution in [3.05, 3.63) is 47.1 Å². The fourth-order valence-corrected chi connectivity index (χ4v) is 4.16. The van der Waals surface area contributed by atoms with Crippen molar-refractivity contribution in [1.29, 1.82) is 0 Å². The summed E-state index contributed by atoms with van der Waals surface area (Å²) in [5.74, 6) is 0.168. The Morgan fingerprint density at radius 1 is 1.27 bits per heavy atom. The average Bonchev–Trinajstić information content (AvgIpc) is 2.74. The van der Waals surface area contributed by atoms with E-state index >= 15 is 0 Å². The number of ether oxygens (including phenoxy) is 1. The van der Waals surface area contributed by atoms with Crippen LogP contribution >= 0.6 is 11.6 Å². The molecule has 3 rings (SSSR count). The van der Waals surface area contributed by atoms with Crippen LogP contribution in [0.15, 0.2) is 41.4 Å². The summed E-state index contributed by atoms with van der Waals surface area (Å²) in [4.78, 5) is 19.2. The van der Waals surface area contributed by atoms with Gasteiger partial charge in [-0.1, -0.05) is 11.6 Å². The average molecular weight is 454 g/mol. The first-order valence-electron chi connectivity index (χ1n) is 9.42. The van der Waals surface area contributed by atoms with E-state index in [2.05, 4.69) is 20.3 Å². The molecule has 162 valence electrons. The molecule has 3 N–H and O–H groups in total. The topological polar surface area (TPSA) is 113 Å². The number of carbonyl (C=O) groups is 1. The molecule has 0 atom stereocenters. The lowest BCUT2D eigenvalue weighted by atomic mass is 10.2. The molecule has 1 amide bonds. The van der Waals surface area contributed by atoms with E-state index in [4.69, 9.17) is 16.3 Å². The smallest absolute Gasteiger partial charge is 0.261 e. The number of aromatic nitrogens is 1. The number of nitrogens with one attached hydrogen (secondary N) is 3. The quantitative estimate of drug-likeness (QED) is 0.517. The molecule has 1 aliphatic heterocycles. The van der Waals surface area contributed by atoms with E-state index in [1.165, 1.54) is 36.5 Å². The molecule has 0 aliphatic carbocycles. The SMILES string of the molecule is COCCNC(=O)c1cc(NS(=O)(=O)c2ccc(Cl)cc2)cnc1N1CCNCC1. The van der Waals surface area contributed by atoms with Crippen molar-refractivity contribution in [3.8, 4) is 0 Å². The summed E-state index contributed by atoms with van der Waals surface area (Å²) in [7, 11) is -2.31. The zero-order valence-electron chi connectivity index (χ0n) is 16.5. The number of rotatable bonds is 8. The molecule has 11 heteroatoms. The number of pyridine rings is 1. The number of amides is 1. The molecule has 2 aromatic rings. The third-order valence-corrected chi connectivity index (χ3v) is 6.14. The van der Waals surface area contributed by atoms with E-state index in [0.29, 0.717) is 42.6 Å². The molecule has 0 radical (unpaired) electrons. The van der Waals surface area contributed by atoms with Gasteiger partial charge < -0.3 is 20.3 Å². The highest BCUT2D eigenvalue weighted by molar-refractivity contribution is 7.92. The van der Waals surface area contributed by atoms with Crippen molar-refractivity contribution in [2.75, 3.05) is 56.1 Å². The third-order valence-electron chi connectivity index (χ3n) is 4.50. The fourth-order valence-electron chi connectivity index (χ4n) is 3.00. The van der Waals surface area contributed by atoms with Crippen molar-refractivity contribution >= 4 is 39.0 Å². The number of halogens is 1. The molecule has 1 aliphatic rings. The Kier molecular flexibility index (Phi) is 7.48. The second-order valence-corrected chi connectivity index (χ2v) is 8.76. The highest BCUT2D eigenvalue weighted by atomic mass is 35.5. The molecule has 30 heavy (non-hydrogen) atoms. The highest BCUT2D eigenvalue weighted by Gasteiger charge is 2.22. The zero-order chi connectivity index (χ0) is 21.6. The van der Waals surface area contributed by atoms with Crippen molar-refractivity contribution in [2.45, 2.75) is 4.90 Å². The summed E-state index contributed by atoms with van der Waals surface area (Å²) in [6.45, 7) is 3.64. The predicted octanol–water partition coefficient (Wildman–Crippen LogP) is 1.32. The summed E-state index contributed by atoms with van der Waals surface area (Å²) >= 11 is 5.83. The van der Waals surface area contributed by atoms with E-state index in [1.54, 1.807) is 7.11 Å². The van der Waals surface area contributed by atoms with Crippen LogP contribution < -0.4 is 20.3 Å². The van der Waals surface area contributed by atoms with Crippen LogP contribution in [0.2, 0.25) is 5.02 Å². The number of sulfonamides is 1. The largest absolute Gasteiger partial charge is 0.383 e. The Morgan fingerprint density at radius 2 is 1.97 bits per heavy atom. The summed E-state index contributed by atoms with van der Waals surface area (Å²) in [5, 5.41) is 6.46. The summed E-state index contributed by atoms with van der Waals surface area (Å²) in [5.41, 5.74) is 0.491. The second kappa shape index (κ2) is 10.1. The molecule has 0 unspecified atom stereocenters. The first-order chi connectivity index (χ1) is 14.4. The first-order valence-corrected chi connectivity index (χ1v) is 11.3. The van der Waals surface area contributed by atoms with Crippen molar-refractivity contribution in [1.82, 2.24) is 15.6 Å². The van der Waals surface area contributed by atoms with Gasteiger partial charge in [-0.3, -0.25) is 9.52 Å². The number of methoxy groups -OCH3 is 1. The maximum atomic E-state index is 12.8. The molecule has 1 fully saturated rings. The van der Waals surface area contributed by atoms with Crippen LogP contribution in [0.25, 0.3) is 0 Å². The normalized spacial score (nSPS) is 14.4. The van der Waals surface area contributed by atoms with E-state index < -0.39 is 10.0 Å². The number of carbonyl (C=O) groups excluding carboxylic acids is 1. The lowest BCUT2D eigenvalue weighted by Gasteiger charge is -2.30. The molecule has 2 heterocycles. The molecule has 1 aromatic carbocycles. The molecular weight excluding hydrogens is 430 g/mol. The number of nitrogens with zero attached hydrogens (tertiary/aromatic N) is 2. The lowest BCUT2D eigenvalue weighted by Crippen LogP contribution is -2.44. The Bertz CT molecular complexity index is 979. The van der Waals surface area contributed by atoms with E-state index in [0.717, 1.165) is 13.1 Å². The molecule has 1 saturated heterocycles. The Hall–Kier alpha value is -2.40. The maximum absolute atomic E-state index is 12.8. The van der Waals surface area contributed by atoms with Crippen LogP contribution in [0.5, 0.6) is 0 Å². The number of benzene rings is 1. The highest BCUT2D eigenvalue weighted by Crippen LogP contribution is 2.24. The number of hydrogen-bond donors (Lipinski definition) is 3. The Balaban J connectivity index is 1.88. The van der Waals surface area contributed by atoms with Gasteiger partial charge in [0.15, 0.2) is 0 Å². The number of piperazine rings is 1. The summed E-state index contributed by atoms with van der Waals surface area (Å²) in [6, 6.07) is 7.31. The van der Waals surface area contributed by atoms with Gasteiger partial charge in [0.05, 0.1) is 29.0 Å². The maximum Gasteiger partial charge on any atom is 0.261 e. The van der Waals surface area contributed by atoms with Crippen LogP contribution in [0.1, 0.15) is 10.4 Å². The van der Waals surface area contributed by atoms with Crippen LogP contribution in [0.3, 0.4) is 0 Å². The minimum atomic E-state index is -3.86. The van der Waals surface area contributed by atoms with Gasteiger partial charge in [0.1, 0.15) is 5.82 Å². The van der Waals surface area contributed by atoms with Gasteiger partial charge in [-0.2, -0.15) is 0 Å². The van der Waals surface area contributed by atoms with Crippen LogP contribution in [0, 0.1) is 0 Å². The molecular formula is C19H24ClN5O4S. The van der Waals surface area contributed by atoms with Crippen molar-refractivity contribution < 1.29 is 17.9 Å². The zero-order valence-corrected chi connectivity index (χ0v) is 18.1. The standard InChI is InChI=1S/C19H24ClN5O4S/c1-29-11-8-22-19(26)17-12-15(13-23-18(17)25-9-6-21-7-10-25)24-30(27,28)16-4-2-14(20)3-5-16/h2-5,12-13,21,24H,6-11H2,1H3,(H,22,26). The number of anilines is 2. The summed E-state index contributed by atoms with van der Waals surface area (Å²) < 4.78 is 32.8. The van der Waals surface area contributed by atoms with Gasteiger partial charge >= 0.3 is 0 Å². The van der Waals surface area contributed by atoms with Crippen LogP contribution in [-0.4, -0.2) is 65.7 Å². The Labute approximate surface area is 180 Å². The predicted molar refractivity (Wildman–Crippen MR) is 116 cm³/mol. The molecule has 9 nitrogen and oxygen atoms in total. The Morgan fingerprint density at radius 3 is 2.63 bits per heavy atom.